The van der Waals surface area contributed by atoms with Crippen LogP contribution in [-0.2, 0) is 28.0 Å². The highest BCUT2D eigenvalue weighted by molar-refractivity contribution is 7.09. The standard InChI is InChI=1S/C19H20N4O3S/c1-12-21-14(11-27-12)7-9-20-16(24)10-23-17(25)19(22-18(23)26)8-6-13-4-2-3-5-15(13)19/h2-5,11H,6-10H2,1H3,(H,20,24)(H,22,26)/t19-/m0/s1. The number of aromatic nitrogens is 1. The van der Waals surface area contributed by atoms with E-state index in [0.29, 0.717) is 19.4 Å². The van der Waals surface area contributed by atoms with Crippen molar-refractivity contribution in [3.8, 4) is 0 Å². The van der Waals surface area contributed by atoms with Crippen LogP contribution < -0.4 is 10.6 Å². The van der Waals surface area contributed by atoms with Crippen molar-refractivity contribution < 1.29 is 14.4 Å². The molecule has 140 valence electrons. The third-order valence-electron chi connectivity index (χ3n) is 5.09. The van der Waals surface area contributed by atoms with Crippen LogP contribution in [0.25, 0.3) is 0 Å². The van der Waals surface area contributed by atoms with Crippen LogP contribution in [0.2, 0.25) is 0 Å². The van der Waals surface area contributed by atoms with Crippen LogP contribution in [0.4, 0.5) is 4.79 Å². The fourth-order valence-electron chi connectivity index (χ4n) is 3.79. The molecule has 1 aromatic heterocycles. The normalized spacial score (nSPS) is 20.9. The molecule has 4 rings (SSSR count). The van der Waals surface area contributed by atoms with Gasteiger partial charge in [0.05, 0.1) is 10.7 Å². The number of nitrogens with zero attached hydrogens (tertiary/aromatic N) is 2. The second kappa shape index (κ2) is 6.77. The molecule has 0 unspecified atom stereocenters. The largest absolute Gasteiger partial charge is 0.354 e. The smallest absolute Gasteiger partial charge is 0.325 e. The Kier molecular flexibility index (Phi) is 4.43. The summed E-state index contributed by atoms with van der Waals surface area (Å²) in [6.45, 7) is 2.08. The fraction of sp³-hybridized carbons (Fsp3) is 0.368. The second-order valence-corrected chi connectivity index (χ2v) is 7.90. The number of carbonyl (C=O) groups is 3. The summed E-state index contributed by atoms with van der Waals surface area (Å²) >= 11 is 1.57. The van der Waals surface area contributed by atoms with Crippen LogP contribution >= 0.6 is 11.3 Å². The summed E-state index contributed by atoms with van der Waals surface area (Å²) in [4.78, 5) is 43.0. The van der Waals surface area contributed by atoms with Crippen LogP contribution in [0.1, 0.15) is 28.2 Å². The summed E-state index contributed by atoms with van der Waals surface area (Å²) < 4.78 is 0. The minimum atomic E-state index is -1.02. The zero-order chi connectivity index (χ0) is 19.0. The second-order valence-electron chi connectivity index (χ2n) is 6.84. The number of imide groups is 1. The quantitative estimate of drug-likeness (QED) is 0.765. The highest BCUT2D eigenvalue weighted by atomic mass is 32.1. The molecule has 8 heteroatoms. The van der Waals surface area contributed by atoms with E-state index >= 15 is 0 Å². The van der Waals surface area contributed by atoms with E-state index in [9.17, 15) is 14.4 Å². The van der Waals surface area contributed by atoms with E-state index in [-0.39, 0.29) is 18.4 Å². The summed E-state index contributed by atoms with van der Waals surface area (Å²) in [7, 11) is 0. The maximum absolute atomic E-state index is 13.0. The van der Waals surface area contributed by atoms with Crippen molar-refractivity contribution >= 4 is 29.2 Å². The molecule has 0 bridgehead atoms. The lowest BCUT2D eigenvalue weighted by molar-refractivity contribution is -0.135. The van der Waals surface area contributed by atoms with E-state index < -0.39 is 11.6 Å². The van der Waals surface area contributed by atoms with Crippen LogP contribution in [0.5, 0.6) is 0 Å². The average Bonchev–Trinajstić information content (AvgIpc) is 3.29. The Morgan fingerprint density at radius 3 is 2.96 bits per heavy atom. The molecule has 2 aromatic rings. The molecule has 27 heavy (non-hydrogen) atoms. The third-order valence-corrected chi connectivity index (χ3v) is 5.92. The van der Waals surface area contributed by atoms with Crippen molar-refractivity contribution in [3.05, 3.63) is 51.5 Å². The lowest BCUT2D eigenvalue weighted by atomic mass is 9.92. The molecule has 2 N–H and O–H groups in total. The Hall–Kier alpha value is -2.74. The molecular formula is C19H20N4O3S. The van der Waals surface area contributed by atoms with Gasteiger partial charge in [0, 0.05) is 18.3 Å². The molecule has 1 aliphatic heterocycles. The van der Waals surface area contributed by atoms with Crippen LogP contribution in [0.15, 0.2) is 29.6 Å². The Labute approximate surface area is 160 Å². The van der Waals surface area contributed by atoms with Crippen LogP contribution in [0.3, 0.4) is 0 Å². The van der Waals surface area contributed by atoms with Crippen LogP contribution in [0, 0.1) is 6.92 Å². The molecule has 1 atom stereocenters. The highest BCUT2D eigenvalue weighted by Crippen LogP contribution is 2.41. The first-order chi connectivity index (χ1) is 13.0. The van der Waals surface area contributed by atoms with Crippen molar-refractivity contribution in [2.24, 2.45) is 0 Å². The van der Waals surface area contributed by atoms with Gasteiger partial charge in [-0.05, 0) is 30.9 Å². The van der Waals surface area contributed by atoms with Gasteiger partial charge in [-0.1, -0.05) is 24.3 Å². The predicted octanol–water partition coefficient (Wildman–Crippen LogP) is 1.50. The molecule has 0 saturated carbocycles. The molecular weight excluding hydrogens is 364 g/mol. The SMILES string of the molecule is Cc1nc(CCNC(=O)CN2C(=O)N[C@]3(CCc4ccccc43)C2=O)cs1. The van der Waals surface area contributed by atoms with Crippen molar-refractivity contribution in [1.29, 1.82) is 0 Å². The van der Waals surface area contributed by atoms with Gasteiger partial charge in [-0.25, -0.2) is 9.78 Å². The number of urea groups is 1. The number of hydrogen-bond donors (Lipinski definition) is 2. The van der Waals surface area contributed by atoms with Crippen LogP contribution in [-0.4, -0.2) is 40.8 Å². The lowest BCUT2D eigenvalue weighted by Gasteiger charge is -2.22. The monoisotopic (exact) mass is 384 g/mol. The first-order valence-corrected chi connectivity index (χ1v) is 9.78. The summed E-state index contributed by atoms with van der Waals surface area (Å²) in [5, 5.41) is 8.53. The summed E-state index contributed by atoms with van der Waals surface area (Å²) in [6.07, 6.45) is 1.88. The molecule has 1 spiro atoms. The topological polar surface area (TPSA) is 91.4 Å². The number of thiazole rings is 1. The molecule has 1 aliphatic carbocycles. The van der Waals surface area contributed by atoms with Crippen molar-refractivity contribution in [1.82, 2.24) is 20.5 Å². The van der Waals surface area contributed by atoms with E-state index in [0.717, 1.165) is 33.1 Å². The van der Waals surface area contributed by atoms with Crippen molar-refractivity contribution in [2.75, 3.05) is 13.1 Å². The van der Waals surface area contributed by atoms with E-state index in [2.05, 4.69) is 15.6 Å². The predicted molar refractivity (Wildman–Crippen MR) is 100 cm³/mol. The van der Waals surface area contributed by atoms with Crippen molar-refractivity contribution in [2.45, 2.75) is 31.7 Å². The van der Waals surface area contributed by atoms with Gasteiger partial charge in [0.25, 0.3) is 5.91 Å². The van der Waals surface area contributed by atoms with Gasteiger partial charge in [0.1, 0.15) is 12.1 Å². The summed E-state index contributed by atoms with van der Waals surface area (Å²) in [6, 6.07) is 7.12. The van der Waals surface area contributed by atoms with Crippen molar-refractivity contribution in [3.63, 3.8) is 0 Å². The van der Waals surface area contributed by atoms with E-state index in [4.69, 9.17) is 0 Å². The average molecular weight is 384 g/mol. The first kappa shape index (κ1) is 17.7. The zero-order valence-electron chi connectivity index (χ0n) is 14.9. The van der Waals surface area contributed by atoms with E-state index in [1.54, 1.807) is 11.3 Å². The number of hydrogen-bond acceptors (Lipinski definition) is 5. The Bertz CT molecular complexity index is 925. The van der Waals surface area contributed by atoms with Gasteiger partial charge in [0.2, 0.25) is 5.91 Å². The lowest BCUT2D eigenvalue weighted by Crippen LogP contribution is -2.44. The summed E-state index contributed by atoms with van der Waals surface area (Å²) in [5.74, 6) is -0.698. The molecule has 4 amide bonds. The molecule has 1 fully saturated rings. The third kappa shape index (κ3) is 3.10. The summed E-state index contributed by atoms with van der Waals surface area (Å²) in [5.41, 5.74) is 1.81. The highest BCUT2D eigenvalue weighted by Gasteiger charge is 2.55. The Morgan fingerprint density at radius 1 is 1.37 bits per heavy atom. The van der Waals surface area contributed by atoms with E-state index in [1.165, 1.54) is 0 Å². The number of rotatable bonds is 5. The number of fused-ring (bicyclic) bond motifs is 2. The molecule has 1 saturated heterocycles. The number of amides is 4. The number of benzene rings is 1. The van der Waals surface area contributed by atoms with Gasteiger partial charge in [0.15, 0.2) is 0 Å². The molecule has 2 aliphatic rings. The molecule has 7 nitrogen and oxygen atoms in total. The Morgan fingerprint density at radius 2 is 2.19 bits per heavy atom. The molecule has 0 radical (unpaired) electrons. The number of carbonyl (C=O) groups excluding carboxylic acids is 3. The van der Waals surface area contributed by atoms with Gasteiger partial charge in [-0.15, -0.1) is 11.3 Å². The minimum absolute atomic E-state index is 0.273. The van der Waals surface area contributed by atoms with Gasteiger partial charge in [-0.3, -0.25) is 14.5 Å². The number of nitrogens with one attached hydrogen (secondary N) is 2. The fourth-order valence-corrected chi connectivity index (χ4v) is 4.43. The zero-order valence-corrected chi connectivity index (χ0v) is 15.8. The minimum Gasteiger partial charge on any atom is -0.354 e. The van der Waals surface area contributed by atoms with Gasteiger partial charge in [-0.2, -0.15) is 0 Å². The maximum Gasteiger partial charge on any atom is 0.325 e. The maximum atomic E-state index is 13.0. The molecule has 2 heterocycles. The van der Waals surface area contributed by atoms with Gasteiger partial charge >= 0.3 is 6.03 Å². The first-order valence-electron chi connectivity index (χ1n) is 8.90. The molecule has 1 aromatic carbocycles. The Balaban J connectivity index is 1.39. The van der Waals surface area contributed by atoms with Gasteiger partial charge < -0.3 is 10.6 Å². The number of aryl methyl sites for hydroxylation is 2. The van der Waals surface area contributed by atoms with E-state index in [1.807, 2.05) is 36.6 Å².